The van der Waals surface area contributed by atoms with Gasteiger partial charge in [-0.1, -0.05) is 48.9 Å². The van der Waals surface area contributed by atoms with Crippen LogP contribution in [0.1, 0.15) is 31.7 Å². The van der Waals surface area contributed by atoms with E-state index in [0.717, 1.165) is 19.3 Å². The van der Waals surface area contributed by atoms with E-state index >= 15 is 0 Å². The first-order chi connectivity index (χ1) is 14.9. The van der Waals surface area contributed by atoms with E-state index < -0.39 is 36.7 Å². The summed E-state index contributed by atoms with van der Waals surface area (Å²) in [6.45, 7) is 1.11. The third-order valence-corrected chi connectivity index (χ3v) is 4.67. The molecule has 0 unspecified atom stereocenters. The number of carboxylic acid groups (broad SMARTS) is 2. The molecule has 0 heterocycles. The lowest BCUT2D eigenvalue weighted by atomic mass is 10.0. The summed E-state index contributed by atoms with van der Waals surface area (Å²) >= 11 is 0. The Bertz CT molecular complexity index is 879. The molecule has 0 aliphatic carbocycles. The molecule has 0 saturated heterocycles. The van der Waals surface area contributed by atoms with E-state index in [1.54, 1.807) is 6.92 Å². The first-order valence-electron chi connectivity index (χ1n) is 10.2. The standard InChI is InChI=1S/C23H28O8/c1-2-29-19(24)15-31-21(23(27)28)20(22(25)26)30-13-7-3-4-8-16-11-12-17-9-5-6-10-18(17)14-16/h5-6,9-12,14,20-21H,2-4,7-8,13,15H2,1H3,(H,25,26)(H,27,28)/t20-,21-/m1/s1. The molecule has 0 aliphatic heterocycles. The Kier molecular flexibility index (Phi) is 9.93. The maximum absolute atomic E-state index is 11.4. The number of rotatable bonds is 14. The Morgan fingerprint density at radius 2 is 1.55 bits per heavy atom. The number of hydrogen-bond acceptors (Lipinski definition) is 6. The van der Waals surface area contributed by atoms with Gasteiger partial charge in [0.1, 0.15) is 6.61 Å². The predicted molar refractivity (Wildman–Crippen MR) is 113 cm³/mol. The van der Waals surface area contributed by atoms with E-state index in [4.69, 9.17) is 9.47 Å². The first kappa shape index (κ1) is 24.3. The molecule has 0 spiro atoms. The summed E-state index contributed by atoms with van der Waals surface area (Å²) in [7, 11) is 0. The second-order valence-corrected chi connectivity index (χ2v) is 7.00. The number of aliphatic carboxylic acids is 2. The maximum atomic E-state index is 11.4. The Morgan fingerprint density at radius 3 is 2.23 bits per heavy atom. The molecule has 0 bridgehead atoms. The van der Waals surface area contributed by atoms with Gasteiger partial charge in [-0.3, -0.25) is 0 Å². The summed E-state index contributed by atoms with van der Waals surface area (Å²) in [4.78, 5) is 34.2. The Balaban J connectivity index is 1.76. The van der Waals surface area contributed by atoms with E-state index in [-0.39, 0.29) is 13.2 Å². The molecular weight excluding hydrogens is 404 g/mol. The molecule has 0 fully saturated rings. The topological polar surface area (TPSA) is 119 Å². The SMILES string of the molecule is CCOC(=O)CO[C@@H](C(=O)O)[C@@H](OCCCCCc1ccc2ccccc2c1)C(=O)O. The van der Waals surface area contributed by atoms with E-state index in [1.165, 1.54) is 16.3 Å². The highest BCUT2D eigenvalue weighted by molar-refractivity contribution is 5.84. The van der Waals surface area contributed by atoms with Crippen LogP contribution in [0.5, 0.6) is 0 Å². The molecule has 168 valence electrons. The van der Waals surface area contributed by atoms with Crippen LogP contribution in [0.4, 0.5) is 0 Å². The van der Waals surface area contributed by atoms with E-state index in [9.17, 15) is 24.6 Å². The third-order valence-electron chi connectivity index (χ3n) is 4.67. The van der Waals surface area contributed by atoms with Gasteiger partial charge in [0.2, 0.25) is 0 Å². The van der Waals surface area contributed by atoms with Gasteiger partial charge >= 0.3 is 17.9 Å². The lowest BCUT2D eigenvalue weighted by Gasteiger charge is -2.20. The Hall–Kier alpha value is -2.97. The highest BCUT2D eigenvalue weighted by Gasteiger charge is 2.36. The number of aryl methyl sites for hydroxylation is 1. The predicted octanol–water partition coefficient (Wildman–Crippen LogP) is 3.06. The lowest BCUT2D eigenvalue weighted by Crippen LogP contribution is -2.44. The van der Waals surface area contributed by atoms with Gasteiger partial charge < -0.3 is 24.4 Å². The Morgan fingerprint density at radius 1 is 0.871 bits per heavy atom. The van der Waals surface area contributed by atoms with Gasteiger partial charge in [0.25, 0.3) is 0 Å². The average molecular weight is 432 g/mol. The molecule has 8 nitrogen and oxygen atoms in total. The van der Waals surface area contributed by atoms with Crippen molar-refractivity contribution in [2.24, 2.45) is 0 Å². The number of carbonyl (C=O) groups is 3. The number of esters is 1. The fourth-order valence-electron chi connectivity index (χ4n) is 3.15. The van der Waals surface area contributed by atoms with Crippen LogP contribution in [0.15, 0.2) is 42.5 Å². The second kappa shape index (κ2) is 12.7. The lowest BCUT2D eigenvalue weighted by molar-refractivity contribution is -0.180. The van der Waals surface area contributed by atoms with Crippen LogP contribution in [0.2, 0.25) is 0 Å². The van der Waals surface area contributed by atoms with Crippen LogP contribution in [0, 0.1) is 0 Å². The zero-order valence-electron chi connectivity index (χ0n) is 17.5. The smallest absolute Gasteiger partial charge is 0.336 e. The number of carbonyl (C=O) groups excluding carboxylic acids is 1. The van der Waals surface area contributed by atoms with Crippen LogP contribution in [-0.2, 0) is 35.0 Å². The number of fused-ring (bicyclic) bond motifs is 1. The van der Waals surface area contributed by atoms with Crippen molar-refractivity contribution in [1.29, 1.82) is 0 Å². The van der Waals surface area contributed by atoms with Gasteiger partial charge in [-0.05, 0) is 42.5 Å². The largest absolute Gasteiger partial charge is 0.479 e. The summed E-state index contributed by atoms with van der Waals surface area (Å²) < 4.78 is 14.9. The number of carboxylic acids is 2. The van der Waals surface area contributed by atoms with Crippen LogP contribution >= 0.6 is 0 Å². The monoisotopic (exact) mass is 432 g/mol. The number of unbranched alkanes of at least 4 members (excludes halogenated alkanes) is 2. The summed E-state index contributed by atoms with van der Waals surface area (Å²) in [5, 5.41) is 21.0. The molecular formula is C23H28O8. The molecule has 0 aromatic heterocycles. The van der Waals surface area contributed by atoms with Gasteiger partial charge in [0.05, 0.1) is 6.61 Å². The molecule has 0 saturated carbocycles. The normalized spacial score (nSPS) is 12.9. The van der Waals surface area contributed by atoms with E-state index in [1.807, 2.05) is 12.1 Å². The van der Waals surface area contributed by atoms with E-state index in [0.29, 0.717) is 6.42 Å². The second-order valence-electron chi connectivity index (χ2n) is 7.00. The molecule has 0 aliphatic rings. The number of hydrogen-bond donors (Lipinski definition) is 2. The minimum atomic E-state index is -1.81. The van der Waals surface area contributed by atoms with Crippen molar-refractivity contribution in [2.75, 3.05) is 19.8 Å². The zero-order valence-corrected chi connectivity index (χ0v) is 17.5. The fraction of sp³-hybridized carbons (Fsp3) is 0.435. The van der Waals surface area contributed by atoms with Gasteiger partial charge in [-0.15, -0.1) is 0 Å². The van der Waals surface area contributed by atoms with Gasteiger partial charge in [-0.25, -0.2) is 14.4 Å². The number of benzene rings is 2. The molecule has 8 heteroatoms. The quantitative estimate of drug-likeness (QED) is 0.345. The molecule has 2 atom stereocenters. The van der Waals surface area contributed by atoms with Crippen LogP contribution < -0.4 is 0 Å². The van der Waals surface area contributed by atoms with Crippen LogP contribution in [0.25, 0.3) is 10.8 Å². The molecule has 2 aromatic carbocycles. The van der Waals surface area contributed by atoms with Crippen molar-refractivity contribution in [2.45, 2.75) is 44.8 Å². The van der Waals surface area contributed by atoms with Crippen molar-refractivity contribution in [3.63, 3.8) is 0 Å². The van der Waals surface area contributed by atoms with Crippen LogP contribution in [0.3, 0.4) is 0 Å². The Labute approximate surface area is 180 Å². The van der Waals surface area contributed by atoms with Crippen molar-refractivity contribution < 1.29 is 38.8 Å². The molecule has 2 rings (SSSR count). The molecule has 0 amide bonds. The average Bonchev–Trinajstić information content (AvgIpc) is 2.74. The third kappa shape index (κ3) is 7.99. The summed E-state index contributed by atoms with van der Waals surface area (Å²) in [5.41, 5.74) is 1.22. The highest BCUT2D eigenvalue weighted by Crippen LogP contribution is 2.17. The molecule has 2 aromatic rings. The highest BCUT2D eigenvalue weighted by atomic mass is 16.6. The molecule has 31 heavy (non-hydrogen) atoms. The van der Waals surface area contributed by atoms with Gasteiger partial charge in [-0.2, -0.15) is 0 Å². The van der Waals surface area contributed by atoms with Crippen molar-refractivity contribution in [3.05, 3.63) is 48.0 Å². The summed E-state index contributed by atoms with van der Waals surface area (Å²) in [6, 6.07) is 14.5. The minimum Gasteiger partial charge on any atom is -0.479 e. The maximum Gasteiger partial charge on any atom is 0.336 e. The summed E-state index contributed by atoms with van der Waals surface area (Å²) in [6.07, 6.45) is -0.386. The fourth-order valence-corrected chi connectivity index (χ4v) is 3.15. The van der Waals surface area contributed by atoms with Crippen molar-refractivity contribution in [1.82, 2.24) is 0 Å². The van der Waals surface area contributed by atoms with Crippen molar-refractivity contribution >= 4 is 28.7 Å². The summed E-state index contributed by atoms with van der Waals surface area (Å²) in [5.74, 6) is -3.76. The first-order valence-corrected chi connectivity index (χ1v) is 10.2. The van der Waals surface area contributed by atoms with Gasteiger partial charge in [0.15, 0.2) is 12.2 Å². The minimum absolute atomic E-state index is 0.0707. The van der Waals surface area contributed by atoms with E-state index in [2.05, 4.69) is 35.1 Å². The van der Waals surface area contributed by atoms with Crippen LogP contribution in [-0.4, -0.2) is 60.1 Å². The van der Waals surface area contributed by atoms with Crippen molar-refractivity contribution in [3.8, 4) is 0 Å². The number of ether oxygens (including phenoxy) is 3. The molecule has 2 N–H and O–H groups in total. The zero-order chi connectivity index (χ0) is 22.6. The molecule has 0 radical (unpaired) electrons. The van der Waals surface area contributed by atoms with Gasteiger partial charge in [0, 0.05) is 6.61 Å².